The molecular weight excluding hydrogens is 252 g/mol. The molecule has 1 atom stereocenters. The number of benzene rings is 1. The Labute approximate surface area is 119 Å². The van der Waals surface area contributed by atoms with Crippen molar-refractivity contribution in [2.24, 2.45) is 0 Å². The second-order valence-corrected chi connectivity index (χ2v) is 6.00. The molecule has 0 saturated carbocycles. The van der Waals surface area contributed by atoms with Gasteiger partial charge in [0.15, 0.2) is 0 Å². The van der Waals surface area contributed by atoms with E-state index in [-0.39, 0.29) is 5.54 Å². The van der Waals surface area contributed by atoms with Crippen molar-refractivity contribution in [2.75, 3.05) is 6.54 Å². The highest BCUT2D eigenvalue weighted by molar-refractivity contribution is 7.09. The Morgan fingerprint density at radius 1 is 1.26 bits per heavy atom. The zero-order valence-electron chi connectivity index (χ0n) is 11.9. The highest BCUT2D eigenvalue weighted by Crippen LogP contribution is 2.29. The molecule has 0 spiro atoms. The Morgan fingerprint density at radius 3 is 2.58 bits per heavy atom. The van der Waals surface area contributed by atoms with Gasteiger partial charge in [-0.05, 0) is 38.8 Å². The fraction of sp³-hybridized carbons (Fsp3) is 0.438. The molecule has 0 aliphatic rings. The van der Waals surface area contributed by atoms with Crippen LogP contribution in [0, 0.1) is 6.92 Å². The lowest BCUT2D eigenvalue weighted by molar-refractivity contribution is 0.346. The first-order valence-electron chi connectivity index (χ1n) is 6.85. The van der Waals surface area contributed by atoms with E-state index in [9.17, 15) is 0 Å². The van der Waals surface area contributed by atoms with Gasteiger partial charge in [-0.15, -0.1) is 11.3 Å². The van der Waals surface area contributed by atoms with Gasteiger partial charge < -0.3 is 5.32 Å². The van der Waals surface area contributed by atoms with Crippen LogP contribution in [0.25, 0.3) is 0 Å². The Hall–Kier alpha value is -1.19. The standard InChI is InChI=1S/C16H22N2S/c1-4-17-16(3,15-18-13(2)12-19-15)11-10-14-8-6-5-7-9-14/h5-9,12,17H,4,10-11H2,1-3H3. The number of hydrogen-bond donors (Lipinski definition) is 1. The molecule has 0 aliphatic carbocycles. The fourth-order valence-electron chi connectivity index (χ4n) is 2.31. The van der Waals surface area contributed by atoms with Crippen LogP contribution in [-0.2, 0) is 12.0 Å². The molecule has 1 N–H and O–H groups in total. The number of aryl methyl sites for hydroxylation is 2. The van der Waals surface area contributed by atoms with E-state index >= 15 is 0 Å². The highest BCUT2D eigenvalue weighted by Gasteiger charge is 2.28. The minimum atomic E-state index is -0.0243. The lowest BCUT2D eigenvalue weighted by Gasteiger charge is -2.28. The Balaban J connectivity index is 2.11. The molecule has 2 aromatic rings. The van der Waals surface area contributed by atoms with E-state index in [0.717, 1.165) is 25.1 Å². The molecule has 0 amide bonds. The summed E-state index contributed by atoms with van der Waals surface area (Å²) in [7, 11) is 0. The van der Waals surface area contributed by atoms with Crippen molar-refractivity contribution in [3.63, 3.8) is 0 Å². The van der Waals surface area contributed by atoms with Gasteiger partial charge in [0.2, 0.25) is 0 Å². The van der Waals surface area contributed by atoms with Crippen LogP contribution in [-0.4, -0.2) is 11.5 Å². The van der Waals surface area contributed by atoms with Gasteiger partial charge in [-0.3, -0.25) is 0 Å². The normalized spacial score (nSPS) is 14.3. The zero-order valence-corrected chi connectivity index (χ0v) is 12.8. The van der Waals surface area contributed by atoms with Gasteiger partial charge in [0.25, 0.3) is 0 Å². The highest BCUT2D eigenvalue weighted by atomic mass is 32.1. The molecule has 2 rings (SSSR count). The number of rotatable bonds is 6. The van der Waals surface area contributed by atoms with Gasteiger partial charge in [0.1, 0.15) is 5.01 Å². The summed E-state index contributed by atoms with van der Waals surface area (Å²) in [6.07, 6.45) is 2.14. The van der Waals surface area contributed by atoms with Gasteiger partial charge in [-0.25, -0.2) is 4.98 Å². The van der Waals surface area contributed by atoms with E-state index in [2.05, 4.69) is 66.8 Å². The third kappa shape index (κ3) is 3.64. The van der Waals surface area contributed by atoms with Crippen molar-refractivity contribution in [1.29, 1.82) is 0 Å². The number of nitrogens with one attached hydrogen (secondary N) is 1. The largest absolute Gasteiger partial charge is 0.306 e. The summed E-state index contributed by atoms with van der Waals surface area (Å²) >= 11 is 1.76. The summed E-state index contributed by atoms with van der Waals surface area (Å²) in [5.41, 5.74) is 2.48. The van der Waals surface area contributed by atoms with Crippen LogP contribution in [0.5, 0.6) is 0 Å². The van der Waals surface area contributed by atoms with Crippen LogP contribution in [0.3, 0.4) is 0 Å². The van der Waals surface area contributed by atoms with Crippen molar-refractivity contribution >= 4 is 11.3 Å². The van der Waals surface area contributed by atoms with Crippen molar-refractivity contribution in [1.82, 2.24) is 10.3 Å². The molecule has 1 unspecified atom stereocenters. The summed E-state index contributed by atoms with van der Waals surface area (Å²) in [6, 6.07) is 10.7. The lowest BCUT2D eigenvalue weighted by atomic mass is 9.93. The molecule has 0 fully saturated rings. The van der Waals surface area contributed by atoms with Gasteiger partial charge in [0.05, 0.1) is 5.54 Å². The van der Waals surface area contributed by atoms with Crippen molar-refractivity contribution in [2.45, 2.75) is 39.2 Å². The predicted octanol–water partition coefficient (Wildman–Crippen LogP) is 3.91. The van der Waals surface area contributed by atoms with Crippen LogP contribution >= 0.6 is 11.3 Å². The van der Waals surface area contributed by atoms with Crippen LogP contribution < -0.4 is 5.32 Å². The summed E-state index contributed by atoms with van der Waals surface area (Å²) in [5, 5.41) is 6.94. The van der Waals surface area contributed by atoms with Crippen molar-refractivity contribution < 1.29 is 0 Å². The smallest absolute Gasteiger partial charge is 0.113 e. The van der Waals surface area contributed by atoms with E-state index in [1.54, 1.807) is 11.3 Å². The minimum Gasteiger partial charge on any atom is -0.306 e. The Bertz CT molecular complexity index is 506. The number of nitrogens with zero attached hydrogens (tertiary/aromatic N) is 1. The summed E-state index contributed by atoms with van der Waals surface area (Å²) in [6.45, 7) is 7.44. The molecule has 3 heteroatoms. The Kier molecular flexibility index (Phi) is 4.72. The number of aromatic nitrogens is 1. The maximum atomic E-state index is 4.67. The predicted molar refractivity (Wildman–Crippen MR) is 82.6 cm³/mol. The molecule has 0 radical (unpaired) electrons. The van der Waals surface area contributed by atoms with E-state index in [4.69, 9.17) is 0 Å². The van der Waals surface area contributed by atoms with E-state index in [1.165, 1.54) is 10.6 Å². The summed E-state index contributed by atoms with van der Waals surface area (Å²) in [5.74, 6) is 0. The summed E-state index contributed by atoms with van der Waals surface area (Å²) in [4.78, 5) is 4.67. The quantitative estimate of drug-likeness (QED) is 0.864. The van der Waals surface area contributed by atoms with Gasteiger partial charge >= 0.3 is 0 Å². The van der Waals surface area contributed by atoms with E-state index in [1.807, 2.05) is 0 Å². The van der Waals surface area contributed by atoms with Crippen LogP contribution in [0.15, 0.2) is 35.7 Å². The molecule has 1 aromatic heterocycles. The van der Waals surface area contributed by atoms with Crippen molar-refractivity contribution in [3.8, 4) is 0 Å². The average molecular weight is 274 g/mol. The summed E-state index contributed by atoms with van der Waals surface area (Å²) < 4.78 is 0. The van der Waals surface area contributed by atoms with Crippen molar-refractivity contribution in [3.05, 3.63) is 52.0 Å². The SMILES string of the molecule is CCNC(C)(CCc1ccccc1)c1nc(C)cs1. The molecule has 0 saturated heterocycles. The topological polar surface area (TPSA) is 24.9 Å². The first-order chi connectivity index (χ1) is 9.14. The molecule has 102 valence electrons. The van der Waals surface area contributed by atoms with E-state index < -0.39 is 0 Å². The molecule has 0 aliphatic heterocycles. The third-order valence-electron chi connectivity index (χ3n) is 3.41. The van der Waals surface area contributed by atoms with E-state index in [0.29, 0.717) is 0 Å². The molecular formula is C16H22N2S. The molecule has 0 bridgehead atoms. The maximum Gasteiger partial charge on any atom is 0.113 e. The molecule has 1 heterocycles. The first kappa shape index (κ1) is 14.2. The Morgan fingerprint density at radius 2 is 2.00 bits per heavy atom. The maximum absolute atomic E-state index is 4.67. The fourth-order valence-corrected chi connectivity index (χ4v) is 3.27. The molecule has 2 nitrogen and oxygen atoms in total. The second kappa shape index (κ2) is 6.31. The molecule has 1 aromatic carbocycles. The van der Waals surface area contributed by atoms with Gasteiger partial charge in [-0.1, -0.05) is 37.3 Å². The van der Waals surface area contributed by atoms with Crippen LogP contribution in [0.1, 0.15) is 36.5 Å². The van der Waals surface area contributed by atoms with Crippen LogP contribution in [0.2, 0.25) is 0 Å². The van der Waals surface area contributed by atoms with Gasteiger partial charge in [-0.2, -0.15) is 0 Å². The average Bonchev–Trinajstić information content (AvgIpc) is 2.85. The number of hydrogen-bond acceptors (Lipinski definition) is 3. The number of thiazole rings is 1. The van der Waals surface area contributed by atoms with Crippen LogP contribution in [0.4, 0.5) is 0 Å². The minimum absolute atomic E-state index is 0.0243. The zero-order chi connectivity index (χ0) is 13.7. The monoisotopic (exact) mass is 274 g/mol. The molecule has 19 heavy (non-hydrogen) atoms. The lowest BCUT2D eigenvalue weighted by Crippen LogP contribution is -2.39. The third-order valence-corrected chi connectivity index (χ3v) is 4.64. The second-order valence-electron chi connectivity index (χ2n) is 5.14. The first-order valence-corrected chi connectivity index (χ1v) is 7.73. The van der Waals surface area contributed by atoms with Gasteiger partial charge in [0, 0.05) is 11.1 Å².